The molecule has 0 amide bonds. The lowest BCUT2D eigenvalue weighted by atomic mass is 10.1. The fourth-order valence-electron chi connectivity index (χ4n) is 3.13. The minimum absolute atomic E-state index is 0.227. The molecule has 3 aromatic rings. The summed E-state index contributed by atoms with van der Waals surface area (Å²) in [5.74, 6) is -0.498. The molecule has 1 N–H and O–H groups in total. The Morgan fingerprint density at radius 2 is 1.76 bits per heavy atom. The summed E-state index contributed by atoms with van der Waals surface area (Å²) in [5, 5.41) is 8.35. The Morgan fingerprint density at radius 3 is 2.41 bits per heavy atom. The van der Waals surface area contributed by atoms with E-state index in [9.17, 15) is 8.78 Å². The van der Waals surface area contributed by atoms with Gasteiger partial charge in [0.25, 0.3) is 0 Å². The number of aryl methyl sites for hydroxylation is 1. The fourth-order valence-corrected chi connectivity index (χ4v) is 3.43. The molecule has 0 aliphatic rings. The predicted molar refractivity (Wildman–Crippen MR) is 113 cm³/mol. The molecule has 2 aromatic carbocycles. The van der Waals surface area contributed by atoms with E-state index in [0.29, 0.717) is 30.5 Å². The van der Waals surface area contributed by atoms with Crippen molar-refractivity contribution in [2.24, 2.45) is 0 Å². The van der Waals surface area contributed by atoms with E-state index in [1.165, 1.54) is 12.1 Å². The summed E-state index contributed by atoms with van der Waals surface area (Å²) >= 11 is 6.51. The summed E-state index contributed by atoms with van der Waals surface area (Å²) < 4.78 is 29.1. The molecular formula is C22H25ClF2N4. The van der Waals surface area contributed by atoms with Crippen molar-refractivity contribution in [3.05, 3.63) is 81.6 Å². The van der Waals surface area contributed by atoms with Crippen molar-refractivity contribution in [3.8, 4) is 0 Å². The van der Waals surface area contributed by atoms with Crippen LogP contribution in [0, 0.1) is 18.6 Å². The quantitative estimate of drug-likeness (QED) is 0.563. The van der Waals surface area contributed by atoms with Crippen LogP contribution >= 0.6 is 11.6 Å². The maximum absolute atomic E-state index is 14.3. The summed E-state index contributed by atoms with van der Waals surface area (Å²) in [6, 6.07) is 11.6. The van der Waals surface area contributed by atoms with E-state index < -0.39 is 0 Å². The standard InChI is InChI=1S/C22H25ClF2N4/c1-4-28(3)21-10-7-17(11-20(21)25)12-26-13-19-15(2)27-29(22(19)23)14-16-5-8-18(24)9-6-16/h5-11,26H,4,12-14H2,1-3H3. The molecule has 0 atom stereocenters. The highest BCUT2D eigenvalue weighted by molar-refractivity contribution is 6.30. The van der Waals surface area contributed by atoms with Crippen LogP contribution in [0.5, 0.6) is 0 Å². The Hall–Kier alpha value is -2.44. The number of hydrogen-bond donors (Lipinski definition) is 1. The van der Waals surface area contributed by atoms with E-state index in [4.69, 9.17) is 11.6 Å². The van der Waals surface area contributed by atoms with Crippen LogP contribution < -0.4 is 10.2 Å². The number of benzene rings is 2. The molecule has 0 aliphatic carbocycles. The van der Waals surface area contributed by atoms with Crippen LogP contribution in [0.1, 0.15) is 29.3 Å². The Labute approximate surface area is 175 Å². The van der Waals surface area contributed by atoms with Crippen LogP contribution in [-0.4, -0.2) is 23.4 Å². The Kier molecular flexibility index (Phi) is 6.87. The molecule has 0 saturated heterocycles. The van der Waals surface area contributed by atoms with Gasteiger partial charge in [0.05, 0.1) is 17.9 Å². The summed E-state index contributed by atoms with van der Waals surface area (Å²) in [5.41, 5.74) is 4.11. The lowest BCUT2D eigenvalue weighted by Gasteiger charge is -2.18. The summed E-state index contributed by atoms with van der Waals surface area (Å²) in [7, 11) is 1.87. The zero-order valence-corrected chi connectivity index (χ0v) is 17.6. The van der Waals surface area contributed by atoms with Gasteiger partial charge in [0.2, 0.25) is 0 Å². The van der Waals surface area contributed by atoms with Gasteiger partial charge >= 0.3 is 0 Å². The number of anilines is 1. The zero-order valence-electron chi connectivity index (χ0n) is 16.8. The molecule has 4 nitrogen and oxygen atoms in total. The Balaban J connectivity index is 1.63. The molecule has 154 valence electrons. The van der Waals surface area contributed by atoms with E-state index in [0.717, 1.165) is 28.9 Å². The zero-order chi connectivity index (χ0) is 21.0. The van der Waals surface area contributed by atoms with Gasteiger partial charge in [-0.1, -0.05) is 29.8 Å². The molecule has 0 saturated carbocycles. The molecule has 1 aromatic heterocycles. The second kappa shape index (κ2) is 9.37. The molecular weight excluding hydrogens is 394 g/mol. The van der Waals surface area contributed by atoms with E-state index in [1.807, 2.05) is 31.9 Å². The van der Waals surface area contributed by atoms with Gasteiger partial charge in [-0.2, -0.15) is 5.10 Å². The third-order valence-corrected chi connectivity index (χ3v) is 5.38. The average Bonchev–Trinajstić information content (AvgIpc) is 2.96. The predicted octanol–water partition coefficient (Wildman–Crippen LogP) is 4.92. The van der Waals surface area contributed by atoms with Crippen molar-refractivity contribution in [1.82, 2.24) is 15.1 Å². The minimum atomic E-state index is -0.271. The second-order valence-corrected chi connectivity index (χ2v) is 7.40. The van der Waals surface area contributed by atoms with E-state index in [2.05, 4.69) is 10.4 Å². The fraction of sp³-hybridized carbons (Fsp3) is 0.318. The van der Waals surface area contributed by atoms with Gasteiger partial charge in [0.15, 0.2) is 0 Å². The van der Waals surface area contributed by atoms with Gasteiger partial charge in [-0.3, -0.25) is 0 Å². The lowest BCUT2D eigenvalue weighted by molar-refractivity contribution is 0.616. The smallest absolute Gasteiger partial charge is 0.146 e. The highest BCUT2D eigenvalue weighted by Gasteiger charge is 2.14. The first-order valence-corrected chi connectivity index (χ1v) is 9.93. The normalized spacial score (nSPS) is 11.1. The van der Waals surface area contributed by atoms with E-state index >= 15 is 0 Å². The van der Waals surface area contributed by atoms with Crippen LogP contribution in [0.3, 0.4) is 0 Å². The van der Waals surface area contributed by atoms with E-state index in [-0.39, 0.29) is 11.6 Å². The number of hydrogen-bond acceptors (Lipinski definition) is 3. The number of nitrogens with zero attached hydrogens (tertiary/aromatic N) is 3. The number of nitrogens with one attached hydrogen (secondary N) is 1. The first-order valence-electron chi connectivity index (χ1n) is 9.55. The highest BCUT2D eigenvalue weighted by atomic mass is 35.5. The molecule has 0 bridgehead atoms. The second-order valence-electron chi connectivity index (χ2n) is 7.04. The maximum atomic E-state index is 14.3. The molecule has 3 rings (SSSR count). The van der Waals surface area contributed by atoms with Gasteiger partial charge in [-0.05, 0) is 49.2 Å². The van der Waals surface area contributed by atoms with Crippen molar-refractivity contribution in [2.45, 2.75) is 33.5 Å². The van der Waals surface area contributed by atoms with Gasteiger partial charge < -0.3 is 10.2 Å². The first kappa shape index (κ1) is 21.3. The SMILES string of the molecule is CCN(C)c1ccc(CNCc2c(C)nn(Cc3ccc(F)cc3)c2Cl)cc1F. The monoisotopic (exact) mass is 418 g/mol. The molecule has 0 spiro atoms. The molecule has 0 unspecified atom stereocenters. The average molecular weight is 419 g/mol. The summed E-state index contributed by atoms with van der Waals surface area (Å²) in [6.45, 7) is 6.14. The van der Waals surface area contributed by atoms with Crippen LogP contribution in [0.2, 0.25) is 5.15 Å². The molecule has 0 aliphatic heterocycles. The van der Waals surface area contributed by atoms with Crippen molar-refractivity contribution in [1.29, 1.82) is 0 Å². The number of rotatable bonds is 8. The summed E-state index contributed by atoms with van der Waals surface area (Å²) in [6.07, 6.45) is 0. The molecule has 0 radical (unpaired) electrons. The topological polar surface area (TPSA) is 33.1 Å². The van der Waals surface area contributed by atoms with Crippen molar-refractivity contribution >= 4 is 17.3 Å². The number of halogens is 3. The Bertz CT molecular complexity index is 970. The van der Waals surface area contributed by atoms with E-state index in [1.54, 1.807) is 28.9 Å². The minimum Gasteiger partial charge on any atom is -0.373 e. The first-order chi connectivity index (χ1) is 13.9. The van der Waals surface area contributed by atoms with Crippen molar-refractivity contribution < 1.29 is 8.78 Å². The third kappa shape index (κ3) is 5.14. The third-order valence-electron chi connectivity index (χ3n) is 4.96. The summed E-state index contributed by atoms with van der Waals surface area (Å²) in [4.78, 5) is 1.87. The maximum Gasteiger partial charge on any atom is 0.146 e. The van der Waals surface area contributed by atoms with Crippen molar-refractivity contribution in [3.63, 3.8) is 0 Å². The van der Waals surface area contributed by atoms with Gasteiger partial charge in [0.1, 0.15) is 16.8 Å². The van der Waals surface area contributed by atoms with Gasteiger partial charge in [-0.15, -0.1) is 0 Å². The van der Waals surface area contributed by atoms with Crippen molar-refractivity contribution in [2.75, 3.05) is 18.5 Å². The largest absolute Gasteiger partial charge is 0.373 e. The molecule has 0 fully saturated rings. The highest BCUT2D eigenvalue weighted by Crippen LogP contribution is 2.22. The lowest BCUT2D eigenvalue weighted by Crippen LogP contribution is -2.18. The van der Waals surface area contributed by atoms with Crippen LogP contribution in [0.25, 0.3) is 0 Å². The molecule has 1 heterocycles. The van der Waals surface area contributed by atoms with Gasteiger partial charge in [-0.25, -0.2) is 13.5 Å². The molecule has 29 heavy (non-hydrogen) atoms. The van der Waals surface area contributed by atoms with Gasteiger partial charge in [0, 0.05) is 32.2 Å². The number of aromatic nitrogens is 2. The van der Waals surface area contributed by atoms with Crippen LogP contribution in [0.15, 0.2) is 42.5 Å². The Morgan fingerprint density at radius 1 is 1.07 bits per heavy atom. The molecule has 7 heteroatoms. The van der Waals surface area contributed by atoms with Crippen LogP contribution in [0.4, 0.5) is 14.5 Å². The van der Waals surface area contributed by atoms with Crippen LogP contribution in [-0.2, 0) is 19.6 Å².